The lowest BCUT2D eigenvalue weighted by Gasteiger charge is -2.06. The van der Waals surface area contributed by atoms with Crippen LogP contribution in [0.15, 0.2) is 22.7 Å². The Morgan fingerprint density at radius 1 is 1.38 bits per heavy atom. The molecule has 0 aliphatic rings. The molecule has 0 radical (unpaired) electrons. The van der Waals surface area contributed by atoms with Crippen molar-refractivity contribution in [3.63, 3.8) is 0 Å². The lowest BCUT2D eigenvalue weighted by atomic mass is 10.2. The monoisotopic (exact) mass is 367 g/mol. The van der Waals surface area contributed by atoms with Gasteiger partial charge in [0, 0.05) is 16.7 Å². The van der Waals surface area contributed by atoms with Crippen molar-refractivity contribution in [2.45, 2.75) is 20.4 Å². The van der Waals surface area contributed by atoms with Crippen LogP contribution in [-0.2, 0) is 6.54 Å². The topological polar surface area (TPSA) is 45.2 Å². The molecule has 0 unspecified atom stereocenters. The molecule has 0 aliphatic heterocycles. The zero-order valence-electron chi connectivity index (χ0n) is 12.5. The Hall–Kier alpha value is -1.24. The van der Waals surface area contributed by atoms with Gasteiger partial charge in [-0.1, -0.05) is 22.0 Å². The second-order valence-electron chi connectivity index (χ2n) is 5.18. The molecule has 2 rings (SSSR count). The molecule has 2 aromatic rings. The summed E-state index contributed by atoms with van der Waals surface area (Å²) in [5, 5.41) is 3.87. The standard InChI is InChI=1S/C15H18BrN3OS/c1-9-5-6-11(7-12(9)16)18-15(20)14-10(2)17-13(21-14)8-19(3)4/h5-7H,8H2,1-4H3,(H,18,20). The number of nitrogens with one attached hydrogen (secondary N) is 1. The van der Waals surface area contributed by atoms with Crippen LogP contribution < -0.4 is 5.32 Å². The molecule has 0 saturated heterocycles. The van der Waals surface area contributed by atoms with Crippen LogP contribution in [0.1, 0.15) is 25.9 Å². The molecule has 0 fully saturated rings. The number of rotatable bonds is 4. The van der Waals surface area contributed by atoms with Crippen LogP contribution in [0.3, 0.4) is 0 Å². The number of benzene rings is 1. The van der Waals surface area contributed by atoms with E-state index in [4.69, 9.17) is 0 Å². The Balaban J connectivity index is 2.16. The summed E-state index contributed by atoms with van der Waals surface area (Å²) in [5.41, 5.74) is 2.69. The average molecular weight is 368 g/mol. The Morgan fingerprint density at radius 2 is 2.10 bits per heavy atom. The largest absolute Gasteiger partial charge is 0.321 e. The van der Waals surface area contributed by atoms with Crippen LogP contribution in [0.2, 0.25) is 0 Å². The molecule has 0 saturated carbocycles. The van der Waals surface area contributed by atoms with E-state index < -0.39 is 0 Å². The Morgan fingerprint density at radius 3 is 2.71 bits per heavy atom. The molecule has 1 aromatic carbocycles. The van der Waals surface area contributed by atoms with Crippen molar-refractivity contribution in [1.82, 2.24) is 9.88 Å². The molecule has 4 nitrogen and oxygen atoms in total. The highest BCUT2D eigenvalue weighted by Gasteiger charge is 2.16. The van der Waals surface area contributed by atoms with Gasteiger partial charge in [-0.05, 0) is 45.6 Å². The molecule has 1 aromatic heterocycles. The SMILES string of the molecule is Cc1ccc(NC(=O)c2sc(CN(C)C)nc2C)cc1Br. The summed E-state index contributed by atoms with van der Waals surface area (Å²) in [4.78, 5) is 19.5. The zero-order valence-corrected chi connectivity index (χ0v) is 14.9. The molecule has 1 heterocycles. The molecule has 0 bridgehead atoms. The van der Waals surface area contributed by atoms with E-state index in [1.54, 1.807) is 0 Å². The minimum absolute atomic E-state index is 0.106. The fourth-order valence-corrected chi connectivity index (χ4v) is 3.32. The van der Waals surface area contributed by atoms with E-state index in [1.807, 2.05) is 51.0 Å². The van der Waals surface area contributed by atoms with Gasteiger partial charge in [0.15, 0.2) is 0 Å². The molecule has 0 aliphatic carbocycles. The van der Waals surface area contributed by atoms with Crippen molar-refractivity contribution < 1.29 is 4.79 Å². The third kappa shape index (κ3) is 4.12. The first-order valence-corrected chi connectivity index (χ1v) is 8.16. The highest BCUT2D eigenvalue weighted by molar-refractivity contribution is 9.10. The molecule has 1 amide bonds. The summed E-state index contributed by atoms with van der Waals surface area (Å²) in [6, 6.07) is 5.77. The Kier molecular flexibility index (Phi) is 5.13. The van der Waals surface area contributed by atoms with Gasteiger partial charge in [0.2, 0.25) is 0 Å². The Labute approximate surface area is 137 Å². The highest BCUT2D eigenvalue weighted by Crippen LogP contribution is 2.23. The van der Waals surface area contributed by atoms with Gasteiger partial charge in [0.1, 0.15) is 9.88 Å². The number of thiazole rings is 1. The number of anilines is 1. The van der Waals surface area contributed by atoms with E-state index in [-0.39, 0.29) is 5.91 Å². The van der Waals surface area contributed by atoms with Gasteiger partial charge in [-0.3, -0.25) is 4.79 Å². The molecule has 1 N–H and O–H groups in total. The van der Waals surface area contributed by atoms with Gasteiger partial charge < -0.3 is 10.2 Å². The maximum absolute atomic E-state index is 12.4. The molecule has 112 valence electrons. The van der Waals surface area contributed by atoms with E-state index in [9.17, 15) is 4.79 Å². The highest BCUT2D eigenvalue weighted by atomic mass is 79.9. The fourth-order valence-electron chi connectivity index (χ4n) is 1.86. The third-order valence-corrected chi connectivity index (χ3v) is 4.92. The summed E-state index contributed by atoms with van der Waals surface area (Å²) < 4.78 is 0.981. The van der Waals surface area contributed by atoms with Crippen molar-refractivity contribution in [3.8, 4) is 0 Å². The summed E-state index contributed by atoms with van der Waals surface area (Å²) in [6.45, 7) is 4.63. The minimum Gasteiger partial charge on any atom is -0.321 e. The van der Waals surface area contributed by atoms with Crippen LogP contribution >= 0.6 is 27.3 Å². The van der Waals surface area contributed by atoms with Gasteiger partial charge in [0.25, 0.3) is 5.91 Å². The number of hydrogen-bond acceptors (Lipinski definition) is 4. The molecular weight excluding hydrogens is 350 g/mol. The van der Waals surface area contributed by atoms with Crippen LogP contribution in [0.5, 0.6) is 0 Å². The van der Waals surface area contributed by atoms with E-state index in [1.165, 1.54) is 11.3 Å². The number of amides is 1. The maximum atomic E-state index is 12.4. The van der Waals surface area contributed by atoms with E-state index in [0.717, 1.165) is 33.0 Å². The summed E-state index contributed by atoms with van der Waals surface area (Å²) in [6.07, 6.45) is 0. The van der Waals surface area contributed by atoms with Crippen LogP contribution in [-0.4, -0.2) is 29.9 Å². The lowest BCUT2D eigenvalue weighted by Crippen LogP contribution is -2.11. The molecule has 6 heteroatoms. The first-order valence-electron chi connectivity index (χ1n) is 6.55. The minimum atomic E-state index is -0.106. The van der Waals surface area contributed by atoms with Crippen LogP contribution in [0.4, 0.5) is 5.69 Å². The summed E-state index contributed by atoms with van der Waals surface area (Å²) >= 11 is 4.92. The van der Waals surface area contributed by atoms with E-state index in [0.29, 0.717) is 4.88 Å². The van der Waals surface area contributed by atoms with Crippen LogP contribution in [0, 0.1) is 13.8 Å². The normalized spacial score (nSPS) is 11.0. The predicted molar refractivity (Wildman–Crippen MR) is 91.1 cm³/mol. The van der Waals surface area contributed by atoms with Crippen molar-refractivity contribution >= 4 is 38.9 Å². The smallest absolute Gasteiger partial charge is 0.267 e. The van der Waals surface area contributed by atoms with Crippen molar-refractivity contribution in [2.24, 2.45) is 0 Å². The number of halogens is 1. The van der Waals surface area contributed by atoms with E-state index >= 15 is 0 Å². The average Bonchev–Trinajstić information content (AvgIpc) is 2.74. The number of carbonyl (C=O) groups excluding carboxylic acids is 1. The number of hydrogen-bond donors (Lipinski definition) is 1. The third-order valence-electron chi connectivity index (χ3n) is 2.93. The summed E-state index contributed by atoms with van der Waals surface area (Å²) in [7, 11) is 3.97. The van der Waals surface area contributed by atoms with Gasteiger partial charge in [-0.25, -0.2) is 4.98 Å². The van der Waals surface area contributed by atoms with Gasteiger partial charge in [-0.2, -0.15) is 0 Å². The second-order valence-corrected chi connectivity index (χ2v) is 7.12. The number of aryl methyl sites for hydroxylation is 2. The molecule has 0 atom stereocenters. The molecule has 21 heavy (non-hydrogen) atoms. The van der Waals surface area contributed by atoms with Crippen molar-refractivity contribution in [3.05, 3.63) is 43.8 Å². The lowest BCUT2D eigenvalue weighted by molar-refractivity contribution is 0.103. The van der Waals surface area contributed by atoms with Gasteiger partial charge in [-0.15, -0.1) is 11.3 Å². The predicted octanol–water partition coefficient (Wildman–Crippen LogP) is 3.84. The van der Waals surface area contributed by atoms with Crippen molar-refractivity contribution in [1.29, 1.82) is 0 Å². The fraction of sp³-hybridized carbons (Fsp3) is 0.333. The van der Waals surface area contributed by atoms with E-state index in [2.05, 4.69) is 26.2 Å². The first-order chi connectivity index (χ1) is 9.86. The van der Waals surface area contributed by atoms with Crippen LogP contribution in [0.25, 0.3) is 0 Å². The number of nitrogens with zero attached hydrogens (tertiary/aromatic N) is 2. The number of aromatic nitrogens is 1. The molecule has 0 spiro atoms. The molecular formula is C15H18BrN3OS. The number of carbonyl (C=O) groups is 1. The second kappa shape index (κ2) is 6.68. The maximum Gasteiger partial charge on any atom is 0.267 e. The first kappa shape index (κ1) is 16.1. The van der Waals surface area contributed by atoms with Crippen molar-refractivity contribution in [2.75, 3.05) is 19.4 Å². The van der Waals surface area contributed by atoms with Gasteiger partial charge in [0.05, 0.1) is 5.69 Å². The summed E-state index contributed by atoms with van der Waals surface area (Å²) in [5.74, 6) is -0.106. The quantitative estimate of drug-likeness (QED) is 0.892. The van der Waals surface area contributed by atoms with Gasteiger partial charge >= 0.3 is 0 Å². The Bertz CT molecular complexity index is 667. The zero-order chi connectivity index (χ0) is 15.6.